The summed E-state index contributed by atoms with van der Waals surface area (Å²) < 4.78 is 0. The average Bonchev–Trinajstić information content (AvgIpc) is 2.45. The second-order valence-electron chi connectivity index (χ2n) is 9.39. The molecule has 0 N–H and O–H groups in total. The van der Waals surface area contributed by atoms with Crippen LogP contribution >= 0.6 is 0 Å². The van der Waals surface area contributed by atoms with E-state index in [1.807, 2.05) is 0 Å². The maximum Gasteiger partial charge on any atom is 0.0125 e. The van der Waals surface area contributed by atoms with Crippen LogP contribution in [0.3, 0.4) is 0 Å². The number of hydrogen-bond acceptors (Lipinski definition) is 2. The summed E-state index contributed by atoms with van der Waals surface area (Å²) in [6, 6.07) is 0. The standard InChI is InChI=1S/C20H40N2/c1-18(2)8-6-7-13-21-14-9-20(10-15-21)11-16-22(17-12-20)19(3,4)5/h18H,6-17H2,1-5H3. The fourth-order valence-corrected chi connectivity index (χ4v) is 4.29. The summed E-state index contributed by atoms with van der Waals surface area (Å²) in [6.45, 7) is 18.5. The summed E-state index contributed by atoms with van der Waals surface area (Å²) in [5.41, 5.74) is 1.05. The van der Waals surface area contributed by atoms with Gasteiger partial charge in [-0.1, -0.05) is 26.7 Å². The lowest BCUT2D eigenvalue weighted by atomic mass is 9.70. The van der Waals surface area contributed by atoms with Crippen molar-refractivity contribution in [1.82, 2.24) is 9.80 Å². The van der Waals surface area contributed by atoms with Gasteiger partial charge in [-0.2, -0.15) is 0 Å². The number of rotatable bonds is 5. The molecule has 0 aromatic carbocycles. The van der Waals surface area contributed by atoms with Gasteiger partial charge in [0.15, 0.2) is 0 Å². The van der Waals surface area contributed by atoms with Gasteiger partial charge >= 0.3 is 0 Å². The van der Waals surface area contributed by atoms with Gasteiger partial charge in [0.2, 0.25) is 0 Å². The molecule has 0 saturated carbocycles. The Kier molecular flexibility index (Phi) is 6.36. The first-order chi connectivity index (χ1) is 10.3. The topological polar surface area (TPSA) is 6.48 Å². The van der Waals surface area contributed by atoms with E-state index in [1.54, 1.807) is 0 Å². The molecule has 0 radical (unpaired) electrons. The predicted molar refractivity (Wildman–Crippen MR) is 97.4 cm³/mol. The van der Waals surface area contributed by atoms with E-state index >= 15 is 0 Å². The highest BCUT2D eigenvalue weighted by atomic mass is 15.2. The van der Waals surface area contributed by atoms with Crippen LogP contribution in [0.15, 0.2) is 0 Å². The van der Waals surface area contributed by atoms with Gasteiger partial charge < -0.3 is 4.90 Å². The molecule has 2 aliphatic rings. The zero-order valence-electron chi connectivity index (χ0n) is 16.0. The van der Waals surface area contributed by atoms with Gasteiger partial charge in [0, 0.05) is 5.54 Å². The van der Waals surface area contributed by atoms with E-state index in [-0.39, 0.29) is 0 Å². The molecule has 2 heterocycles. The first-order valence-electron chi connectivity index (χ1n) is 9.78. The van der Waals surface area contributed by atoms with Gasteiger partial charge in [-0.3, -0.25) is 4.90 Å². The molecule has 0 atom stereocenters. The molecule has 2 aliphatic heterocycles. The largest absolute Gasteiger partial charge is 0.303 e. The molecule has 0 aliphatic carbocycles. The summed E-state index contributed by atoms with van der Waals surface area (Å²) >= 11 is 0. The quantitative estimate of drug-likeness (QED) is 0.674. The fourth-order valence-electron chi connectivity index (χ4n) is 4.29. The number of unbranched alkanes of at least 4 members (excludes halogenated alkanes) is 1. The molecule has 130 valence electrons. The molecule has 0 unspecified atom stereocenters. The van der Waals surface area contributed by atoms with Crippen LogP contribution in [-0.4, -0.2) is 48.1 Å². The lowest BCUT2D eigenvalue weighted by Gasteiger charge is -2.50. The number of nitrogens with zero attached hydrogens (tertiary/aromatic N) is 2. The second kappa shape index (κ2) is 7.66. The Bertz CT molecular complexity index is 311. The van der Waals surface area contributed by atoms with Gasteiger partial charge in [0.05, 0.1) is 0 Å². The second-order valence-corrected chi connectivity index (χ2v) is 9.39. The van der Waals surface area contributed by atoms with E-state index < -0.39 is 0 Å². The van der Waals surface area contributed by atoms with Crippen LogP contribution in [0, 0.1) is 11.3 Å². The molecule has 0 aromatic rings. The molecule has 2 rings (SSSR count). The van der Waals surface area contributed by atoms with Gasteiger partial charge in [-0.05, 0) is 96.9 Å². The minimum absolute atomic E-state index is 0.360. The zero-order chi connectivity index (χ0) is 16.2. The summed E-state index contributed by atoms with van der Waals surface area (Å²) in [5, 5.41) is 0. The van der Waals surface area contributed by atoms with Crippen molar-refractivity contribution >= 4 is 0 Å². The van der Waals surface area contributed by atoms with E-state index in [4.69, 9.17) is 0 Å². The molecule has 0 aromatic heterocycles. The van der Waals surface area contributed by atoms with Crippen LogP contribution in [0.1, 0.15) is 79.6 Å². The van der Waals surface area contributed by atoms with Crippen molar-refractivity contribution in [3.8, 4) is 0 Å². The molecular formula is C20H40N2. The Balaban J connectivity index is 1.67. The maximum absolute atomic E-state index is 2.74. The van der Waals surface area contributed by atoms with Crippen LogP contribution in [0.4, 0.5) is 0 Å². The van der Waals surface area contributed by atoms with Crippen LogP contribution < -0.4 is 0 Å². The third-order valence-corrected chi connectivity index (χ3v) is 6.20. The minimum atomic E-state index is 0.360. The van der Waals surface area contributed by atoms with Crippen molar-refractivity contribution in [1.29, 1.82) is 0 Å². The van der Waals surface area contributed by atoms with Crippen molar-refractivity contribution in [3.05, 3.63) is 0 Å². The molecule has 2 saturated heterocycles. The molecule has 2 nitrogen and oxygen atoms in total. The maximum atomic E-state index is 2.74. The van der Waals surface area contributed by atoms with Crippen molar-refractivity contribution in [2.75, 3.05) is 32.7 Å². The fraction of sp³-hybridized carbons (Fsp3) is 1.00. The van der Waals surface area contributed by atoms with E-state index in [0.29, 0.717) is 11.0 Å². The Morgan fingerprint density at radius 2 is 1.41 bits per heavy atom. The van der Waals surface area contributed by atoms with Gasteiger partial charge in [0.25, 0.3) is 0 Å². The first-order valence-corrected chi connectivity index (χ1v) is 9.78. The molecule has 1 spiro atoms. The molecule has 22 heavy (non-hydrogen) atoms. The van der Waals surface area contributed by atoms with Gasteiger partial charge in [-0.25, -0.2) is 0 Å². The highest BCUT2D eigenvalue weighted by Crippen LogP contribution is 2.42. The molecule has 2 fully saturated rings. The number of likely N-dealkylation sites (tertiary alicyclic amines) is 2. The van der Waals surface area contributed by atoms with Crippen LogP contribution in [0.5, 0.6) is 0 Å². The Morgan fingerprint density at radius 3 is 1.91 bits per heavy atom. The summed E-state index contributed by atoms with van der Waals surface area (Å²) in [7, 11) is 0. The Morgan fingerprint density at radius 1 is 0.864 bits per heavy atom. The lowest BCUT2D eigenvalue weighted by Crippen LogP contribution is -2.51. The lowest BCUT2D eigenvalue weighted by molar-refractivity contribution is 0.00325. The van der Waals surface area contributed by atoms with Crippen LogP contribution in [0.25, 0.3) is 0 Å². The average molecular weight is 309 g/mol. The summed E-state index contributed by atoms with van der Waals surface area (Å²) in [4.78, 5) is 5.43. The smallest absolute Gasteiger partial charge is 0.0125 e. The molecular weight excluding hydrogens is 268 g/mol. The minimum Gasteiger partial charge on any atom is -0.303 e. The van der Waals surface area contributed by atoms with Crippen LogP contribution in [-0.2, 0) is 0 Å². The van der Waals surface area contributed by atoms with Crippen molar-refractivity contribution in [3.63, 3.8) is 0 Å². The number of piperidine rings is 2. The third kappa shape index (κ3) is 5.23. The van der Waals surface area contributed by atoms with E-state index in [0.717, 1.165) is 5.92 Å². The Labute approximate surface area is 139 Å². The molecule has 2 heteroatoms. The summed E-state index contributed by atoms with van der Waals surface area (Å²) in [6.07, 6.45) is 10.0. The van der Waals surface area contributed by atoms with Crippen molar-refractivity contribution < 1.29 is 0 Å². The van der Waals surface area contributed by atoms with E-state index in [1.165, 1.54) is 77.7 Å². The first kappa shape index (κ1) is 18.3. The van der Waals surface area contributed by atoms with Crippen molar-refractivity contribution in [2.24, 2.45) is 11.3 Å². The zero-order valence-corrected chi connectivity index (χ0v) is 16.0. The van der Waals surface area contributed by atoms with E-state index in [9.17, 15) is 0 Å². The monoisotopic (exact) mass is 308 g/mol. The SMILES string of the molecule is CC(C)CCCCN1CCC2(CC1)CCN(C(C)(C)C)CC2. The summed E-state index contributed by atoms with van der Waals surface area (Å²) in [5.74, 6) is 0.873. The van der Waals surface area contributed by atoms with Crippen LogP contribution in [0.2, 0.25) is 0 Å². The highest BCUT2D eigenvalue weighted by molar-refractivity contribution is 4.93. The van der Waals surface area contributed by atoms with E-state index in [2.05, 4.69) is 44.4 Å². The van der Waals surface area contributed by atoms with Crippen molar-refractivity contribution in [2.45, 2.75) is 85.1 Å². The Hall–Kier alpha value is -0.0800. The molecule has 0 bridgehead atoms. The third-order valence-electron chi connectivity index (χ3n) is 6.20. The van der Waals surface area contributed by atoms with Gasteiger partial charge in [0.1, 0.15) is 0 Å². The predicted octanol–water partition coefficient (Wildman–Crippen LogP) is 4.79. The van der Waals surface area contributed by atoms with Gasteiger partial charge in [-0.15, -0.1) is 0 Å². The normalized spacial score (nSPS) is 24.3. The molecule has 0 amide bonds. The number of hydrogen-bond donors (Lipinski definition) is 0. The highest BCUT2D eigenvalue weighted by Gasteiger charge is 2.39.